The lowest BCUT2D eigenvalue weighted by Crippen LogP contribution is -2.30. The topological polar surface area (TPSA) is 86.6 Å². The predicted octanol–water partition coefficient (Wildman–Crippen LogP) is 6.01. The number of hydrogen-bond acceptors (Lipinski definition) is 4. The van der Waals surface area contributed by atoms with Crippen LogP contribution >= 0.6 is 0 Å². The molecule has 3 amide bonds. The van der Waals surface area contributed by atoms with Gasteiger partial charge in [0.15, 0.2) is 0 Å². The Morgan fingerprint density at radius 1 is 1.00 bits per heavy atom. The van der Waals surface area contributed by atoms with Gasteiger partial charge < -0.3 is 25.3 Å². The Labute approximate surface area is 199 Å². The first-order chi connectivity index (χ1) is 16.5. The summed E-state index contributed by atoms with van der Waals surface area (Å²) in [6.07, 6.45) is 4.38. The number of furan rings is 1. The van der Waals surface area contributed by atoms with Gasteiger partial charge in [0.25, 0.3) is 5.91 Å². The largest absolute Gasteiger partial charge is 0.467 e. The van der Waals surface area contributed by atoms with Gasteiger partial charge in [0.1, 0.15) is 11.6 Å². The SMILES string of the molecule is CCCCN(Cc1ccco1)c1ccc(NC(=O)Nc2ccccc2F)cc1C(=O)NCCC. The third-order valence-corrected chi connectivity index (χ3v) is 5.21. The molecular formula is C26H31FN4O3. The molecule has 0 aliphatic heterocycles. The average molecular weight is 467 g/mol. The Morgan fingerprint density at radius 3 is 2.53 bits per heavy atom. The second-order valence-corrected chi connectivity index (χ2v) is 7.90. The molecule has 8 heteroatoms. The van der Waals surface area contributed by atoms with Gasteiger partial charge in [0, 0.05) is 18.8 Å². The van der Waals surface area contributed by atoms with Crippen LogP contribution in [-0.2, 0) is 6.54 Å². The first-order valence-electron chi connectivity index (χ1n) is 11.5. The molecule has 0 saturated carbocycles. The smallest absolute Gasteiger partial charge is 0.323 e. The van der Waals surface area contributed by atoms with Crippen molar-refractivity contribution >= 4 is 29.0 Å². The van der Waals surface area contributed by atoms with Crippen molar-refractivity contribution in [2.24, 2.45) is 0 Å². The maximum Gasteiger partial charge on any atom is 0.323 e. The van der Waals surface area contributed by atoms with E-state index in [-0.39, 0.29) is 11.6 Å². The number of hydrogen-bond donors (Lipinski definition) is 3. The maximum atomic E-state index is 13.9. The molecular weight excluding hydrogens is 435 g/mol. The normalized spacial score (nSPS) is 10.6. The lowest BCUT2D eigenvalue weighted by atomic mass is 10.1. The molecule has 0 radical (unpaired) electrons. The van der Waals surface area contributed by atoms with Crippen molar-refractivity contribution in [2.45, 2.75) is 39.7 Å². The van der Waals surface area contributed by atoms with Gasteiger partial charge in [-0.05, 0) is 55.3 Å². The van der Waals surface area contributed by atoms with Crippen LogP contribution in [0.15, 0.2) is 65.3 Å². The van der Waals surface area contributed by atoms with Crippen LogP contribution in [0.2, 0.25) is 0 Å². The zero-order chi connectivity index (χ0) is 24.3. The van der Waals surface area contributed by atoms with Crippen LogP contribution in [0.3, 0.4) is 0 Å². The first-order valence-corrected chi connectivity index (χ1v) is 11.5. The van der Waals surface area contributed by atoms with Crippen LogP contribution in [0.25, 0.3) is 0 Å². The van der Waals surface area contributed by atoms with Crippen LogP contribution in [0, 0.1) is 5.82 Å². The highest BCUT2D eigenvalue weighted by Crippen LogP contribution is 2.27. The molecule has 0 fully saturated rings. The summed E-state index contributed by atoms with van der Waals surface area (Å²) in [5, 5.41) is 8.10. The summed E-state index contributed by atoms with van der Waals surface area (Å²) < 4.78 is 19.4. The van der Waals surface area contributed by atoms with E-state index >= 15 is 0 Å². The van der Waals surface area contributed by atoms with Crippen LogP contribution < -0.4 is 20.9 Å². The van der Waals surface area contributed by atoms with Crippen LogP contribution in [0.4, 0.5) is 26.2 Å². The Kier molecular flexibility index (Phi) is 9.08. The molecule has 0 aliphatic rings. The van der Waals surface area contributed by atoms with E-state index in [9.17, 15) is 14.0 Å². The Morgan fingerprint density at radius 2 is 1.82 bits per heavy atom. The Hall–Kier alpha value is -3.81. The molecule has 0 aliphatic carbocycles. The van der Waals surface area contributed by atoms with Gasteiger partial charge in [-0.3, -0.25) is 4.79 Å². The van der Waals surface area contributed by atoms with Gasteiger partial charge in [-0.15, -0.1) is 0 Å². The zero-order valence-electron chi connectivity index (χ0n) is 19.6. The number of halogens is 1. The van der Waals surface area contributed by atoms with Crippen molar-refractivity contribution in [3.05, 3.63) is 78.0 Å². The number of anilines is 3. The molecule has 1 heterocycles. The Balaban J connectivity index is 1.87. The van der Waals surface area contributed by atoms with Crippen LogP contribution in [-0.4, -0.2) is 25.0 Å². The van der Waals surface area contributed by atoms with E-state index in [1.807, 2.05) is 25.1 Å². The van der Waals surface area contributed by atoms with Crippen molar-refractivity contribution in [3.63, 3.8) is 0 Å². The number of nitrogens with zero attached hydrogens (tertiary/aromatic N) is 1. The number of nitrogens with one attached hydrogen (secondary N) is 3. The minimum atomic E-state index is -0.601. The molecule has 1 aromatic heterocycles. The van der Waals surface area contributed by atoms with E-state index in [1.54, 1.807) is 30.5 Å². The van der Waals surface area contributed by atoms with E-state index in [0.29, 0.717) is 24.3 Å². The quantitative estimate of drug-likeness (QED) is 0.323. The summed E-state index contributed by atoms with van der Waals surface area (Å²) in [5.74, 6) is 0.0376. The number of benzene rings is 2. The summed E-state index contributed by atoms with van der Waals surface area (Å²) >= 11 is 0. The number of carbonyl (C=O) groups is 2. The summed E-state index contributed by atoms with van der Waals surface area (Å²) in [4.78, 5) is 27.6. The lowest BCUT2D eigenvalue weighted by molar-refractivity contribution is 0.0954. The molecule has 34 heavy (non-hydrogen) atoms. The lowest BCUT2D eigenvalue weighted by Gasteiger charge is -2.26. The van der Waals surface area contributed by atoms with E-state index in [2.05, 4.69) is 27.8 Å². The van der Waals surface area contributed by atoms with Crippen molar-refractivity contribution in [3.8, 4) is 0 Å². The molecule has 0 atom stereocenters. The molecule has 0 unspecified atom stereocenters. The minimum absolute atomic E-state index is 0.0710. The predicted molar refractivity (Wildman–Crippen MR) is 133 cm³/mol. The number of rotatable bonds is 11. The minimum Gasteiger partial charge on any atom is -0.467 e. The fourth-order valence-corrected chi connectivity index (χ4v) is 3.48. The third-order valence-electron chi connectivity index (χ3n) is 5.21. The van der Waals surface area contributed by atoms with Crippen molar-refractivity contribution in [1.82, 2.24) is 5.32 Å². The molecule has 3 aromatic rings. The van der Waals surface area contributed by atoms with Crippen molar-refractivity contribution < 1.29 is 18.4 Å². The van der Waals surface area contributed by atoms with Gasteiger partial charge in [0.05, 0.1) is 29.7 Å². The molecule has 3 N–H and O–H groups in total. The zero-order valence-corrected chi connectivity index (χ0v) is 19.6. The maximum absolute atomic E-state index is 13.9. The van der Waals surface area contributed by atoms with Gasteiger partial charge in [0.2, 0.25) is 0 Å². The Bertz CT molecular complexity index is 1090. The van der Waals surface area contributed by atoms with Gasteiger partial charge in [-0.2, -0.15) is 0 Å². The summed E-state index contributed by atoms with van der Waals surface area (Å²) in [7, 11) is 0. The molecule has 0 bridgehead atoms. The molecule has 0 spiro atoms. The molecule has 0 saturated heterocycles. The van der Waals surface area contributed by atoms with Crippen LogP contribution in [0.5, 0.6) is 0 Å². The van der Waals surface area contributed by atoms with Crippen molar-refractivity contribution in [2.75, 3.05) is 28.6 Å². The average Bonchev–Trinajstić information content (AvgIpc) is 3.35. The number of carbonyl (C=O) groups excluding carboxylic acids is 2. The monoisotopic (exact) mass is 466 g/mol. The van der Waals surface area contributed by atoms with Crippen LogP contribution in [0.1, 0.15) is 49.2 Å². The van der Waals surface area contributed by atoms with Gasteiger partial charge in [-0.1, -0.05) is 32.4 Å². The number of para-hydroxylation sites is 1. The highest BCUT2D eigenvalue weighted by molar-refractivity contribution is 6.04. The first kappa shape index (κ1) is 24.8. The van der Waals surface area contributed by atoms with E-state index in [1.165, 1.54) is 12.1 Å². The number of amides is 3. The third kappa shape index (κ3) is 6.84. The molecule has 7 nitrogen and oxygen atoms in total. The van der Waals surface area contributed by atoms with Crippen molar-refractivity contribution in [1.29, 1.82) is 0 Å². The summed E-state index contributed by atoms with van der Waals surface area (Å²) in [6, 6.07) is 14.2. The van der Waals surface area contributed by atoms with E-state index in [0.717, 1.165) is 37.3 Å². The number of urea groups is 1. The summed E-state index contributed by atoms with van der Waals surface area (Å²) in [5.41, 5.74) is 1.69. The highest BCUT2D eigenvalue weighted by atomic mass is 19.1. The fraction of sp³-hybridized carbons (Fsp3) is 0.308. The summed E-state index contributed by atoms with van der Waals surface area (Å²) in [6.45, 7) is 5.89. The number of unbranched alkanes of at least 4 members (excludes halogenated alkanes) is 1. The van der Waals surface area contributed by atoms with E-state index in [4.69, 9.17) is 4.42 Å². The standard InChI is InChI=1S/C26H31FN4O3/c1-3-5-15-31(18-20-9-8-16-34-20)24-13-12-19(17-21(24)25(32)28-14-4-2)29-26(33)30-23-11-7-6-10-22(23)27/h6-13,16-17H,3-5,14-15,18H2,1-2H3,(H,28,32)(H2,29,30,33). The molecule has 180 valence electrons. The molecule has 3 rings (SSSR count). The van der Waals surface area contributed by atoms with Gasteiger partial charge >= 0.3 is 6.03 Å². The highest BCUT2D eigenvalue weighted by Gasteiger charge is 2.19. The second-order valence-electron chi connectivity index (χ2n) is 7.90. The molecule has 2 aromatic carbocycles. The fourth-order valence-electron chi connectivity index (χ4n) is 3.48. The van der Waals surface area contributed by atoms with Gasteiger partial charge in [-0.25, -0.2) is 9.18 Å². The second kappa shape index (κ2) is 12.4. The van der Waals surface area contributed by atoms with E-state index < -0.39 is 11.8 Å².